The molecule has 0 amide bonds. The molecule has 5 heteroatoms. The van der Waals surface area contributed by atoms with Crippen LogP contribution in [0, 0.1) is 5.82 Å². The molecule has 1 aliphatic heterocycles. The molecule has 0 bridgehead atoms. The largest absolute Gasteiger partial charge is 1.00 e. The maximum absolute atomic E-state index is 13.5. The Morgan fingerprint density at radius 1 is 0.967 bits per heavy atom. The lowest BCUT2D eigenvalue weighted by Crippen LogP contribution is -3.00. The first kappa shape index (κ1) is 22.8. The molecular formula is C25H27ClFNOS. The fraction of sp³-hybridized carbons (Fsp3) is 0.280. The monoisotopic (exact) mass is 443 g/mol. The van der Waals surface area contributed by atoms with E-state index in [9.17, 15) is 4.39 Å². The fourth-order valence-electron chi connectivity index (χ4n) is 3.88. The van der Waals surface area contributed by atoms with Crippen molar-refractivity contribution in [2.45, 2.75) is 23.3 Å². The van der Waals surface area contributed by atoms with Crippen LogP contribution in [0.25, 0.3) is 0 Å². The highest BCUT2D eigenvalue weighted by Crippen LogP contribution is 2.41. The smallest absolute Gasteiger partial charge is 0.123 e. The van der Waals surface area contributed by atoms with Gasteiger partial charge in [0.15, 0.2) is 0 Å². The van der Waals surface area contributed by atoms with E-state index >= 15 is 0 Å². The Labute approximate surface area is 189 Å². The highest BCUT2D eigenvalue weighted by molar-refractivity contribution is 7.98. The number of rotatable bonds is 6. The lowest BCUT2D eigenvalue weighted by molar-refractivity contribution is -0.904. The Morgan fingerprint density at radius 3 is 2.50 bits per heavy atom. The third-order valence-electron chi connectivity index (χ3n) is 5.40. The summed E-state index contributed by atoms with van der Waals surface area (Å²) in [6.45, 7) is 2.26. The van der Waals surface area contributed by atoms with Gasteiger partial charge in [-0.05, 0) is 34.9 Å². The third-order valence-corrected chi connectivity index (χ3v) is 6.54. The van der Waals surface area contributed by atoms with Crippen LogP contribution >= 0.6 is 11.8 Å². The summed E-state index contributed by atoms with van der Waals surface area (Å²) in [5.41, 5.74) is 4.86. The molecule has 1 heterocycles. The number of thioether (sulfide) groups is 1. The Hall–Kier alpha value is -1.85. The molecule has 3 aromatic carbocycles. The molecule has 1 aliphatic rings. The fourth-order valence-corrected chi connectivity index (χ4v) is 4.97. The number of fused-ring (bicyclic) bond motifs is 2. The first-order valence-corrected chi connectivity index (χ1v) is 11.0. The molecule has 3 aromatic rings. The lowest BCUT2D eigenvalue weighted by atomic mass is 9.97. The van der Waals surface area contributed by atoms with E-state index in [4.69, 9.17) is 4.74 Å². The summed E-state index contributed by atoms with van der Waals surface area (Å²) in [5, 5.41) is 0. The zero-order valence-electron chi connectivity index (χ0n) is 17.4. The van der Waals surface area contributed by atoms with Crippen molar-refractivity contribution in [3.8, 4) is 0 Å². The Morgan fingerprint density at radius 2 is 1.70 bits per heavy atom. The number of halogens is 2. The molecule has 0 aromatic heterocycles. The molecule has 0 aliphatic carbocycles. The van der Waals surface area contributed by atoms with Crippen LogP contribution in [-0.2, 0) is 17.0 Å². The molecule has 0 saturated carbocycles. The second kappa shape index (κ2) is 9.97. The maximum Gasteiger partial charge on any atom is 0.123 e. The number of likely N-dealkylation sites (N-methyl/N-ethyl adjacent to an activating group) is 1. The van der Waals surface area contributed by atoms with Gasteiger partial charge in [0.05, 0.1) is 20.7 Å². The van der Waals surface area contributed by atoms with Crippen LogP contribution in [0.2, 0.25) is 0 Å². The summed E-state index contributed by atoms with van der Waals surface area (Å²) in [5.74, 6) is 0.789. The highest BCUT2D eigenvalue weighted by Gasteiger charge is 2.25. The van der Waals surface area contributed by atoms with Gasteiger partial charge < -0.3 is 21.6 Å². The van der Waals surface area contributed by atoms with Crippen molar-refractivity contribution >= 4 is 11.8 Å². The van der Waals surface area contributed by atoms with Gasteiger partial charge in [-0.3, -0.25) is 0 Å². The predicted molar refractivity (Wildman–Crippen MR) is 117 cm³/mol. The highest BCUT2D eigenvalue weighted by atomic mass is 35.5. The molecule has 0 saturated heterocycles. The van der Waals surface area contributed by atoms with Gasteiger partial charge in [-0.15, -0.1) is 11.8 Å². The minimum Gasteiger partial charge on any atom is -1.00 e. The number of ether oxygens (including phenoxy) is 1. The molecule has 1 unspecified atom stereocenters. The van der Waals surface area contributed by atoms with E-state index in [1.54, 1.807) is 12.1 Å². The van der Waals surface area contributed by atoms with E-state index < -0.39 is 0 Å². The minimum atomic E-state index is -0.178. The van der Waals surface area contributed by atoms with Gasteiger partial charge in [0.1, 0.15) is 25.0 Å². The van der Waals surface area contributed by atoms with Crippen molar-refractivity contribution in [3.63, 3.8) is 0 Å². The molecule has 1 atom stereocenters. The van der Waals surface area contributed by atoms with Crippen LogP contribution in [0.1, 0.15) is 28.4 Å². The summed E-state index contributed by atoms with van der Waals surface area (Å²) < 4.78 is 20.8. The molecule has 158 valence electrons. The van der Waals surface area contributed by atoms with Gasteiger partial charge >= 0.3 is 0 Å². The van der Waals surface area contributed by atoms with Gasteiger partial charge in [-0.2, -0.15) is 0 Å². The van der Waals surface area contributed by atoms with Crippen LogP contribution < -0.4 is 12.4 Å². The molecule has 4 rings (SSSR count). The van der Waals surface area contributed by atoms with Gasteiger partial charge in [-0.25, -0.2) is 4.39 Å². The van der Waals surface area contributed by atoms with Crippen molar-refractivity contribution < 1.29 is 26.0 Å². The van der Waals surface area contributed by atoms with Crippen molar-refractivity contribution in [2.24, 2.45) is 0 Å². The molecule has 0 spiro atoms. The third kappa shape index (κ3) is 5.44. The van der Waals surface area contributed by atoms with Gasteiger partial charge in [-0.1, -0.05) is 54.6 Å². The Bertz CT molecular complexity index is 947. The van der Waals surface area contributed by atoms with Crippen LogP contribution in [0.5, 0.6) is 0 Å². The molecule has 0 N–H and O–H groups in total. The zero-order chi connectivity index (χ0) is 20.3. The second-order valence-electron chi connectivity index (χ2n) is 8.22. The van der Waals surface area contributed by atoms with Crippen LogP contribution in [-0.4, -0.2) is 31.7 Å². The first-order chi connectivity index (χ1) is 14.0. The molecule has 0 fully saturated rings. The van der Waals surface area contributed by atoms with E-state index in [-0.39, 0.29) is 24.3 Å². The summed E-state index contributed by atoms with van der Waals surface area (Å²) >= 11 is 1.88. The molecule has 0 radical (unpaired) electrons. The van der Waals surface area contributed by atoms with Crippen LogP contribution in [0.3, 0.4) is 0 Å². The zero-order valence-corrected chi connectivity index (χ0v) is 18.9. The Balaban J connectivity index is 0.00000256. The number of nitrogens with zero attached hydrogens (tertiary/aromatic N) is 1. The van der Waals surface area contributed by atoms with Crippen LogP contribution in [0.15, 0.2) is 77.7 Å². The average Bonchev–Trinajstić information content (AvgIpc) is 2.85. The standard InChI is InChI=1S/C25H27FNOS.ClH/c1-27(2,17-19-8-7-10-21(26)16-19)14-15-28-25-22-11-4-3-9-20(22)18-29-24-13-6-5-12-23(24)25;/h3-13,16,25H,14-15,17-18H2,1-2H3;1H/q+1;/p-1. The topological polar surface area (TPSA) is 9.23 Å². The lowest BCUT2D eigenvalue weighted by Gasteiger charge is -2.31. The summed E-state index contributed by atoms with van der Waals surface area (Å²) in [7, 11) is 4.33. The number of hydrogen-bond donors (Lipinski definition) is 0. The maximum atomic E-state index is 13.5. The summed E-state index contributed by atoms with van der Waals surface area (Å²) in [4.78, 5) is 1.29. The van der Waals surface area contributed by atoms with Crippen molar-refractivity contribution in [1.82, 2.24) is 0 Å². The van der Waals surface area contributed by atoms with Crippen molar-refractivity contribution in [2.75, 3.05) is 27.2 Å². The number of benzene rings is 3. The molecular weight excluding hydrogens is 417 g/mol. The van der Waals surface area contributed by atoms with Crippen molar-refractivity contribution in [3.05, 3.63) is 101 Å². The first-order valence-electron chi connectivity index (χ1n) is 9.99. The summed E-state index contributed by atoms with van der Waals surface area (Å²) in [6, 6.07) is 24.0. The van der Waals surface area contributed by atoms with Gasteiger partial charge in [0.2, 0.25) is 0 Å². The molecule has 2 nitrogen and oxygen atoms in total. The second-order valence-corrected chi connectivity index (χ2v) is 9.24. The van der Waals surface area contributed by atoms with Gasteiger partial charge in [0, 0.05) is 16.2 Å². The Kier molecular flexibility index (Phi) is 7.59. The minimum absolute atomic E-state index is 0. The van der Waals surface area contributed by atoms with E-state index in [2.05, 4.69) is 62.6 Å². The normalized spacial score (nSPS) is 15.5. The quantitative estimate of drug-likeness (QED) is 0.542. The number of quaternary nitrogens is 1. The average molecular weight is 444 g/mol. The van der Waals surface area contributed by atoms with Crippen LogP contribution in [0.4, 0.5) is 4.39 Å². The molecule has 30 heavy (non-hydrogen) atoms. The summed E-state index contributed by atoms with van der Waals surface area (Å²) in [6.07, 6.45) is -0.0495. The predicted octanol–water partition coefficient (Wildman–Crippen LogP) is 2.82. The van der Waals surface area contributed by atoms with E-state index in [1.807, 2.05) is 17.8 Å². The van der Waals surface area contributed by atoms with E-state index in [0.29, 0.717) is 6.61 Å². The van der Waals surface area contributed by atoms with Crippen molar-refractivity contribution in [1.29, 1.82) is 0 Å². The SMILES string of the molecule is C[N+](C)(CCOC1c2ccccc2CSc2ccccc21)Cc1cccc(F)c1.[Cl-]. The van der Waals surface area contributed by atoms with E-state index in [0.717, 1.165) is 28.9 Å². The number of hydrogen-bond acceptors (Lipinski definition) is 2. The van der Waals surface area contributed by atoms with Gasteiger partial charge in [0.25, 0.3) is 0 Å². The van der Waals surface area contributed by atoms with E-state index in [1.165, 1.54) is 27.7 Å².